The molecule has 4 nitrogen and oxygen atoms in total. The Hall–Kier alpha value is -0.570. The quantitative estimate of drug-likeness (QED) is 0.855. The molecule has 0 radical (unpaired) electrons. The molecule has 0 aliphatic rings. The fourth-order valence-electron chi connectivity index (χ4n) is 1.33. The number of aliphatic hydroxyl groups is 1. The highest BCUT2D eigenvalue weighted by molar-refractivity contribution is 9.10. The first-order valence-electron chi connectivity index (χ1n) is 5.02. The summed E-state index contributed by atoms with van der Waals surface area (Å²) in [6, 6.07) is 5.64. The second kappa shape index (κ2) is 6.55. The number of alkyl halides is 2. The van der Waals surface area contributed by atoms with Crippen LogP contribution in [0, 0.1) is 0 Å². The van der Waals surface area contributed by atoms with Gasteiger partial charge in [0.15, 0.2) is 0 Å². The molecule has 0 fully saturated rings. The van der Waals surface area contributed by atoms with E-state index in [0.29, 0.717) is 8.78 Å². The van der Waals surface area contributed by atoms with Crippen molar-refractivity contribution in [2.24, 2.45) is 0 Å². The summed E-state index contributed by atoms with van der Waals surface area (Å²) in [5.41, 5.74) is 0. The van der Waals surface area contributed by atoms with Crippen molar-refractivity contribution in [2.75, 3.05) is 19.7 Å². The van der Waals surface area contributed by atoms with Gasteiger partial charge in [-0.25, -0.2) is 17.2 Å². The van der Waals surface area contributed by atoms with Gasteiger partial charge < -0.3 is 5.11 Å². The summed E-state index contributed by atoms with van der Waals surface area (Å²) >= 11 is 3.15. The SMILES string of the molecule is O=S(=O)(c1ccc(Br)cc1)N(CCO)CC(F)F. The van der Waals surface area contributed by atoms with Crippen molar-refractivity contribution < 1.29 is 22.3 Å². The molecule has 0 bridgehead atoms. The molecule has 102 valence electrons. The third-order valence-electron chi connectivity index (χ3n) is 2.14. The molecular weight excluding hydrogens is 332 g/mol. The summed E-state index contributed by atoms with van der Waals surface area (Å²) in [5.74, 6) is 0. The molecule has 1 rings (SSSR count). The Morgan fingerprint density at radius 2 is 1.83 bits per heavy atom. The van der Waals surface area contributed by atoms with Gasteiger partial charge in [0, 0.05) is 11.0 Å². The second-order valence-electron chi connectivity index (χ2n) is 3.43. The lowest BCUT2D eigenvalue weighted by atomic mass is 10.4. The maximum Gasteiger partial charge on any atom is 0.252 e. The normalized spacial score (nSPS) is 12.3. The molecule has 0 aliphatic carbocycles. The lowest BCUT2D eigenvalue weighted by Gasteiger charge is -2.20. The Morgan fingerprint density at radius 1 is 1.28 bits per heavy atom. The van der Waals surface area contributed by atoms with E-state index in [1.165, 1.54) is 24.3 Å². The molecular formula is C10H12BrF2NO3S. The third kappa shape index (κ3) is 3.98. The second-order valence-corrected chi connectivity index (χ2v) is 6.29. The first kappa shape index (κ1) is 15.5. The van der Waals surface area contributed by atoms with E-state index in [0.717, 1.165) is 0 Å². The van der Waals surface area contributed by atoms with Crippen LogP contribution in [-0.2, 0) is 10.0 Å². The van der Waals surface area contributed by atoms with Gasteiger partial charge >= 0.3 is 0 Å². The fourth-order valence-corrected chi connectivity index (χ4v) is 3.00. The summed E-state index contributed by atoms with van der Waals surface area (Å²) in [4.78, 5) is -0.0835. The van der Waals surface area contributed by atoms with Crippen LogP contribution in [0.25, 0.3) is 0 Å². The van der Waals surface area contributed by atoms with E-state index in [4.69, 9.17) is 5.11 Å². The van der Waals surface area contributed by atoms with E-state index in [1.807, 2.05) is 0 Å². The molecule has 1 aromatic carbocycles. The van der Waals surface area contributed by atoms with Gasteiger partial charge in [0.05, 0.1) is 18.0 Å². The van der Waals surface area contributed by atoms with E-state index in [9.17, 15) is 17.2 Å². The molecule has 0 saturated carbocycles. The van der Waals surface area contributed by atoms with Gasteiger partial charge in [0.2, 0.25) is 10.0 Å². The highest BCUT2D eigenvalue weighted by Crippen LogP contribution is 2.19. The molecule has 1 aromatic rings. The Kier molecular flexibility index (Phi) is 5.64. The Balaban J connectivity index is 3.04. The van der Waals surface area contributed by atoms with Crippen molar-refractivity contribution in [2.45, 2.75) is 11.3 Å². The molecule has 0 spiro atoms. The topological polar surface area (TPSA) is 57.6 Å². The van der Waals surface area contributed by atoms with Crippen molar-refractivity contribution in [3.63, 3.8) is 0 Å². The Morgan fingerprint density at radius 3 is 2.28 bits per heavy atom. The fraction of sp³-hybridized carbons (Fsp3) is 0.400. The minimum atomic E-state index is -4.00. The van der Waals surface area contributed by atoms with Crippen LogP contribution >= 0.6 is 15.9 Å². The summed E-state index contributed by atoms with van der Waals surface area (Å²) < 4.78 is 50.0. The Bertz CT molecular complexity index is 478. The van der Waals surface area contributed by atoms with Crippen LogP contribution in [-0.4, -0.2) is 44.0 Å². The Labute approximate surface area is 112 Å². The van der Waals surface area contributed by atoms with Gasteiger partial charge in [0.1, 0.15) is 0 Å². The monoisotopic (exact) mass is 343 g/mol. The first-order valence-corrected chi connectivity index (χ1v) is 7.26. The number of benzene rings is 1. The van der Waals surface area contributed by atoms with Gasteiger partial charge in [-0.2, -0.15) is 4.31 Å². The molecule has 0 aliphatic heterocycles. The van der Waals surface area contributed by atoms with Crippen molar-refractivity contribution in [3.05, 3.63) is 28.7 Å². The zero-order valence-electron chi connectivity index (χ0n) is 9.26. The first-order chi connectivity index (χ1) is 8.37. The molecule has 0 saturated heterocycles. The largest absolute Gasteiger partial charge is 0.395 e. The van der Waals surface area contributed by atoms with Gasteiger partial charge in [-0.05, 0) is 24.3 Å². The predicted octanol–water partition coefficient (Wildman–Crippen LogP) is 1.70. The predicted molar refractivity (Wildman–Crippen MR) is 66.0 cm³/mol. The van der Waals surface area contributed by atoms with Gasteiger partial charge in [0.25, 0.3) is 6.43 Å². The summed E-state index contributed by atoms with van der Waals surface area (Å²) in [6.45, 7) is -1.80. The standard InChI is InChI=1S/C10H12BrF2NO3S/c11-8-1-3-9(4-2-8)18(16,17)14(5-6-15)7-10(12)13/h1-4,10,15H,5-7H2. The van der Waals surface area contributed by atoms with E-state index >= 15 is 0 Å². The molecule has 8 heteroatoms. The number of rotatable bonds is 6. The lowest BCUT2D eigenvalue weighted by Crippen LogP contribution is -2.37. The average Bonchev–Trinajstić information content (AvgIpc) is 2.28. The molecule has 0 unspecified atom stereocenters. The highest BCUT2D eigenvalue weighted by atomic mass is 79.9. The minimum absolute atomic E-state index is 0.0835. The van der Waals surface area contributed by atoms with E-state index in [-0.39, 0.29) is 11.4 Å². The zero-order valence-corrected chi connectivity index (χ0v) is 11.7. The number of hydrogen-bond donors (Lipinski definition) is 1. The van der Waals surface area contributed by atoms with Crippen molar-refractivity contribution in [1.82, 2.24) is 4.31 Å². The van der Waals surface area contributed by atoms with Crippen LogP contribution in [0.15, 0.2) is 33.6 Å². The van der Waals surface area contributed by atoms with Crippen LogP contribution < -0.4 is 0 Å². The molecule has 0 heterocycles. The van der Waals surface area contributed by atoms with Crippen LogP contribution in [0.2, 0.25) is 0 Å². The summed E-state index contributed by atoms with van der Waals surface area (Å²) in [7, 11) is -4.00. The number of aliphatic hydroxyl groups excluding tert-OH is 1. The number of nitrogens with zero attached hydrogens (tertiary/aromatic N) is 1. The van der Waals surface area contributed by atoms with Gasteiger partial charge in [-0.3, -0.25) is 0 Å². The van der Waals surface area contributed by atoms with Crippen LogP contribution in [0.5, 0.6) is 0 Å². The molecule has 1 N–H and O–H groups in total. The molecule has 18 heavy (non-hydrogen) atoms. The maximum atomic E-state index is 12.3. The van der Waals surface area contributed by atoms with Crippen molar-refractivity contribution >= 4 is 26.0 Å². The van der Waals surface area contributed by atoms with Gasteiger partial charge in [-0.1, -0.05) is 15.9 Å². The minimum Gasteiger partial charge on any atom is -0.395 e. The molecule has 0 atom stereocenters. The van der Waals surface area contributed by atoms with Gasteiger partial charge in [-0.15, -0.1) is 0 Å². The smallest absolute Gasteiger partial charge is 0.252 e. The van der Waals surface area contributed by atoms with Crippen LogP contribution in [0.1, 0.15) is 0 Å². The van der Waals surface area contributed by atoms with E-state index < -0.39 is 29.6 Å². The lowest BCUT2D eigenvalue weighted by molar-refractivity contribution is 0.113. The van der Waals surface area contributed by atoms with E-state index in [1.54, 1.807) is 0 Å². The van der Waals surface area contributed by atoms with Crippen LogP contribution in [0.3, 0.4) is 0 Å². The number of sulfonamides is 1. The number of halogens is 3. The summed E-state index contributed by atoms with van der Waals surface area (Å²) in [5, 5.41) is 8.75. The zero-order chi connectivity index (χ0) is 13.8. The van der Waals surface area contributed by atoms with E-state index in [2.05, 4.69) is 15.9 Å². The molecule has 0 aromatic heterocycles. The maximum absolute atomic E-state index is 12.3. The number of hydrogen-bond acceptors (Lipinski definition) is 3. The average molecular weight is 344 g/mol. The van der Waals surface area contributed by atoms with Crippen molar-refractivity contribution in [1.29, 1.82) is 0 Å². The van der Waals surface area contributed by atoms with Crippen molar-refractivity contribution in [3.8, 4) is 0 Å². The summed E-state index contributed by atoms with van der Waals surface area (Å²) in [6.07, 6.45) is -2.79. The third-order valence-corrected chi connectivity index (χ3v) is 4.55. The highest BCUT2D eigenvalue weighted by Gasteiger charge is 2.26. The van der Waals surface area contributed by atoms with Crippen LogP contribution in [0.4, 0.5) is 8.78 Å². The molecule has 0 amide bonds.